The number of rotatable bonds is 0. The van der Waals surface area contributed by atoms with Gasteiger partial charge in [-0.25, -0.2) is 8.78 Å². The average Bonchev–Trinajstić information content (AvgIpc) is 1.77. The van der Waals surface area contributed by atoms with E-state index in [0.29, 0.717) is 13.0 Å². The molecule has 1 heterocycles. The summed E-state index contributed by atoms with van der Waals surface area (Å²) >= 11 is 0. The Labute approximate surface area is 76.7 Å². The Hall–Kier alpha value is 0.360. The standard InChI is InChI=1S/C5H10F2N2.2ClH/c6-5(7)3-9-2-1-4(5)8;;/h4,9H,1-3,8H2;2*1H. The Morgan fingerprint density at radius 2 is 1.91 bits per heavy atom. The largest absolute Gasteiger partial charge is 0.323 e. The topological polar surface area (TPSA) is 38.0 Å². The zero-order valence-electron chi connectivity index (χ0n) is 5.85. The Balaban J connectivity index is 0. The molecule has 6 heteroatoms. The molecular weight excluding hydrogens is 197 g/mol. The minimum Gasteiger partial charge on any atom is -0.323 e. The van der Waals surface area contributed by atoms with E-state index in [0.717, 1.165) is 0 Å². The van der Waals surface area contributed by atoms with Crippen molar-refractivity contribution in [2.24, 2.45) is 5.73 Å². The Morgan fingerprint density at radius 1 is 1.36 bits per heavy atom. The second-order valence-electron chi connectivity index (χ2n) is 2.33. The first-order valence-electron chi connectivity index (χ1n) is 2.97. The van der Waals surface area contributed by atoms with E-state index >= 15 is 0 Å². The summed E-state index contributed by atoms with van der Waals surface area (Å²) in [6.45, 7) is 0.338. The van der Waals surface area contributed by atoms with Crippen LogP contribution in [0.3, 0.4) is 0 Å². The van der Waals surface area contributed by atoms with Crippen LogP contribution in [0.1, 0.15) is 6.42 Å². The lowest BCUT2D eigenvalue weighted by Gasteiger charge is -2.28. The Bertz CT molecular complexity index is 113. The minimum absolute atomic E-state index is 0. The van der Waals surface area contributed by atoms with E-state index in [2.05, 4.69) is 5.32 Å². The summed E-state index contributed by atoms with van der Waals surface area (Å²) in [6, 6.07) is -0.946. The molecule has 0 saturated carbocycles. The van der Waals surface area contributed by atoms with Crippen molar-refractivity contribution in [3.63, 3.8) is 0 Å². The van der Waals surface area contributed by atoms with Gasteiger partial charge in [0, 0.05) is 0 Å². The van der Waals surface area contributed by atoms with E-state index in [1.54, 1.807) is 0 Å². The first-order chi connectivity index (χ1) is 4.13. The van der Waals surface area contributed by atoms with Gasteiger partial charge in [0.1, 0.15) is 0 Å². The zero-order valence-corrected chi connectivity index (χ0v) is 7.48. The molecule has 0 radical (unpaired) electrons. The molecule has 2 nitrogen and oxygen atoms in total. The first-order valence-corrected chi connectivity index (χ1v) is 2.97. The fourth-order valence-corrected chi connectivity index (χ4v) is 0.855. The van der Waals surface area contributed by atoms with Crippen LogP contribution in [0.4, 0.5) is 8.78 Å². The van der Waals surface area contributed by atoms with Crippen LogP contribution in [0.2, 0.25) is 0 Å². The van der Waals surface area contributed by atoms with Crippen molar-refractivity contribution in [2.45, 2.75) is 18.4 Å². The van der Waals surface area contributed by atoms with Crippen molar-refractivity contribution in [3.8, 4) is 0 Å². The Morgan fingerprint density at radius 3 is 2.18 bits per heavy atom. The number of piperidine rings is 1. The monoisotopic (exact) mass is 208 g/mol. The van der Waals surface area contributed by atoms with Gasteiger partial charge in [0.05, 0.1) is 12.6 Å². The van der Waals surface area contributed by atoms with Gasteiger partial charge in [-0.05, 0) is 13.0 Å². The summed E-state index contributed by atoms with van der Waals surface area (Å²) < 4.78 is 24.8. The highest BCUT2D eigenvalue weighted by Crippen LogP contribution is 2.20. The summed E-state index contributed by atoms with van der Waals surface area (Å²) in [5.74, 6) is -2.70. The molecule has 0 aromatic heterocycles. The van der Waals surface area contributed by atoms with Crippen molar-refractivity contribution >= 4 is 24.8 Å². The zero-order chi connectivity index (χ0) is 6.91. The molecule has 0 aromatic carbocycles. The highest BCUT2D eigenvalue weighted by Gasteiger charge is 2.38. The fourth-order valence-electron chi connectivity index (χ4n) is 0.855. The van der Waals surface area contributed by atoms with Crippen LogP contribution in [-0.2, 0) is 0 Å². The highest BCUT2D eigenvalue weighted by molar-refractivity contribution is 5.85. The van der Waals surface area contributed by atoms with Gasteiger partial charge in [-0.15, -0.1) is 24.8 Å². The van der Waals surface area contributed by atoms with Crippen molar-refractivity contribution in [1.82, 2.24) is 5.32 Å². The molecule has 1 unspecified atom stereocenters. The third-order valence-electron chi connectivity index (χ3n) is 1.54. The van der Waals surface area contributed by atoms with Gasteiger partial charge in [0.15, 0.2) is 0 Å². The second-order valence-corrected chi connectivity index (χ2v) is 2.33. The van der Waals surface area contributed by atoms with Crippen LogP contribution in [0.25, 0.3) is 0 Å². The van der Waals surface area contributed by atoms with Crippen molar-refractivity contribution in [2.75, 3.05) is 13.1 Å². The SMILES string of the molecule is Cl.Cl.NC1CCNCC1(F)F. The molecule has 1 rings (SSSR count). The molecule has 11 heavy (non-hydrogen) atoms. The van der Waals surface area contributed by atoms with E-state index in [1.807, 2.05) is 0 Å². The normalized spacial score (nSPS) is 28.1. The number of nitrogens with one attached hydrogen (secondary N) is 1. The third-order valence-corrected chi connectivity index (χ3v) is 1.54. The van der Waals surface area contributed by atoms with Gasteiger partial charge in [0.2, 0.25) is 0 Å². The summed E-state index contributed by atoms with van der Waals surface area (Å²) in [7, 11) is 0. The maximum absolute atomic E-state index is 12.4. The molecule has 70 valence electrons. The molecular formula is C5H12Cl2F2N2. The molecule has 1 aliphatic heterocycles. The lowest BCUT2D eigenvalue weighted by atomic mass is 10.0. The smallest absolute Gasteiger partial charge is 0.275 e. The number of hydrogen-bond donors (Lipinski definition) is 2. The highest BCUT2D eigenvalue weighted by atomic mass is 35.5. The predicted molar refractivity (Wildman–Crippen MR) is 44.9 cm³/mol. The van der Waals surface area contributed by atoms with Crippen LogP contribution in [0.15, 0.2) is 0 Å². The van der Waals surface area contributed by atoms with Gasteiger partial charge in [-0.3, -0.25) is 0 Å². The summed E-state index contributed by atoms with van der Waals surface area (Å²) in [5.41, 5.74) is 5.12. The van der Waals surface area contributed by atoms with Gasteiger partial charge >= 0.3 is 0 Å². The number of nitrogens with two attached hydrogens (primary N) is 1. The quantitative estimate of drug-likeness (QED) is 0.618. The van der Waals surface area contributed by atoms with E-state index in [9.17, 15) is 8.78 Å². The molecule has 0 aliphatic carbocycles. The molecule has 0 bridgehead atoms. The van der Waals surface area contributed by atoms with E-state index in [1.165, 1.54) is 0 Å². The maximum atomic E-state index is 12.4. The van der Waals surface area contributed by atoms with Gasteiger partial charge in [-0.2, -0.15) is 0 Å². The molecule has 0 aromatic rings. The maximum Gasteiger partial charge on any atom is 0.275 e. The van der Waals surface area contributed by atoms with Crippen molar-refractivity contribution in [1.29, 1.82) is 0 Å². The van der Waals surface area contributed by atoms with Gasteiger partial charge < -0.3 is 11.1 Å². The van der Waals surface area contributed by atoms with Crippen molar-refractivity contribution in [3.05, 3.63) is 0 Å². The van der Waals surface area contributed by atoms with Crippen LogP contribution in [0, 0.1) is 0 Å². The predicted octanol–water partition coefficient (Wildman–Crippen LogP) is 0.786. The summed E-state index contributed by atoms with van der Waals surface area (Å²) in [4.78, 5) is 0. The second kappa shape index (κ2) is 5.09. The van der Waals surface area contributed by atoms with Crippen LogP contribution >= 0.6 is 24.8 Å². The molecule has 0 spiro atoms. The first kappa shape index (κ1) is 13.9. The summed E-state index contributed by atoms with van der Waals surface area (Å²) in [5, 5.41) is 2.58. The van der Waals surface area contributed by atoms with Crippen LogP contribution < -0.4 is 11.1 Å². The molecule has 1 fully saturated rings. The lowest BCUT2D eigenvalue weighted by molar-refractivity contribution is -0.0388. The van der Waals surface area contributed by atoms with Crippen LogP contribution in [0.5, 0.6) is 0 Å². The van der Waals surface area contributed by atoms with E-state index < -0.39 is 12.0 Å². The molecule has 3 N–H and O–H groups in total. The molecule has 1 atom stereocenters. The van der Waals surface area contributed by atoms with Gasteiger partial charge in [0.25, 0.3) is 5.92 Å². The van der Waals surface area contributed by atoms with E-state index in [4.69, 9.17) is 5.73 Å². The third kappa shape index (κ3) is 3.51. The molecule has 1 saturated heterocycles. The number of hydrogen-bond acceptors (Lipinski definition) is 2. The van der Waals surface area contributed by atoms with E-state index in [-0.39, 0.29) is 31.4 Å². The minimum atomic E-state index is -2.70. The number of alkyl halides is 2. The molecule has 0 amide bonds. The average molecular weight is 209 g/mol. The van der Waals surface area contributed by atoms with Gasteiger partial charge in [-0.1, -0.05) is 0 Å². The number of halogens is 4. The van der Waals surface area contributed by atoms with Crippen molar-refractivity contribution < 1.29 is 8.78 Å². The fraction of sp³-hybridized carbons (Fsp3) is 1.00. The Kier molecular flexibility index (Phi) is 6.43. The summed E-state index contributed by atoms with van der Waals surface area (Å²) in [6.07, 6.45) is 0.368. The molecule has 1 aliphatic rings. The lowest BCUT2D eigenvalue weighted by Crippen LogP contribution is -2.53. The van der Waals surface area contributed by atoms with Crippen LogP contribution in [-0.4, -0.2) is 25.1 Å².